The van der Waals surface area contributed by atoms with Crippen LogP contribution in [-0.4, -0.2) is 17.1 Å². The van der Waals surface area contributed by atoms with E-state index in [-0.39, 0.29) is 0 Å². The second kappa shape index (κ2) is 2.97. The molecule has 0 heterocycles. The van der Waals surface area contributed by atoms with E-state index >= 15 is 0 Å². The van der Waals surface area contributed by atoms with Crippen molar-refractivity contribution >= 4 is 5.97 Å². The van der Waals surface area contributed by atoms with Gasteiger partial charge in [-0.1, -0.05) is 6.92 Å². The number of diazo groups is 1. The van der Waals surface area contributed by atoms with Crippen molar-refractivity contribution in [3.63, 3.8) is 0 Å². The molecule has 0 spiro atoms. The molecular weight excluding hydrogens is 108 g/mol. The number of carbonyl (C=O) groups is 1. The molecule has 0 aliphatic heterocycles. The molecule has 0 saturated carbocycles. The summed E-state index contributed by atoms with van der Waals surface area (Å²) in [5.41, 5.74) is 0. The highest BCUT2D eigenvalue weighted by Crippen LogP contribution is 1.94. The van der Waals surface area contributed by atoms with Gasteiger partial charge in [-0.2, -0.15) is 0 Å². The van der Waals surface area contributed by atoms with Gasteiger partial charge < -0.3 is 5.11 Å². The fourth-order valence-corrected chi connectivity index (χ4v) is 0.306. The quantitative estimate of drug-likeness (QED) is 0.539. The van der Waals surface area contributed by atoms with E-state index in [4.69, 9.17) is 10.5 Å². The van der Waals surface area contributed by atoms with Crippen LogP contribution in [0.2, 0.25) is 0 Å². The normalized spacial score (nSPS) is 12.0. The Kier molecular flexibility index (Phi) is 2.56. The van der Waals surface area contributed by atoms with Crippen LogP contribution in [0.15, 0.2) is 0 Å². The number of aliphatic carboxylic acids is 1. The first kappa shape index (κ1) is 6.89. The van der Waals surface area contributed by atoms with E-state index in [1.165, 1.54) is 0 Å². The number of rotatable bonds is 2. The summed E-state index contributed by atoms with van der Waals surface area (Å²) in [4.78, 5) is 12.5. The van der Waals surface area contributed by atoms with E-state index < -0.39 is 12.0 Å². The van der Waals surface area contributed by atoms with Crippen LogP contribution in [-0.2, 0) is 4.79 Å². The standard InChI is InChI=1S/C4H6N2O2/c1-2-3(6-5)4(7)8/h3H,2H2,1H3/p+1. The highest BCUT2D eigenvalue weighted by atomic mass is 16.4. The summed E-state index contributed by atoms with van der Waals surface area (Å²) in [6.07, 6.45) is 0.325. The number of nitrogens with zero attached hydrogens (tertiary/aromatic N) is 2. The van der Waals surface area contributed by atoms with Gasteiger partial charge in [0.25, 0.3) is 0 Å². The van der Waals surface area contributed by atoms with Crippen molar-refractivity contribution in [1.82, 2.24) is 0 Å². The number of hydrogen-bond acceptors (Lipinski definition) is 2. The van der Waals surface area contributed by atoms with Gasteiger partial charge in [0, 0.05) is 6.42 Å². The number of hydrogen-bond donors (Lipinski definition) is 1. The minimum absolute atomic E-state index is 0.325. The molecule has 4 nitrogen and oxygen atoms in total. The largest absolute Gasteiger partial charge is 0.475 e. The first-order chi connectivity index (χ1) is 3.72. The number of carboxylic acids is 1. The first-order valence-electron chi connectivity index (χ1n) is 2.29. The summed E-state index contributed by atoms with van der Waals surface area (Å²) in [6.45, 7) is 1.64. The Balaban J connectivity index is 3.76. The van der Waals surface area contributed by atoms with Crippen LogP contribution in [0.3, 0.4) is 0 Å². The monoisotopic (exact) mass is 115 g/mol. The SMILES string of the molecule is CCC([N+]#N)C(=O)O. The van der Waals surface area contributed by atoms with Gasteiger partial charge in [-0.3, -0.25) is 0 Å². The molecular formula is C4H7N2O2+. The summed E-state index contributed by atoms with van der Waals surface area (Å²) in [7, 11) is 0. The predicted molar refractivity (Wildman–Crippen MR) is 26.8 cm³/mol. The molecule has 1 unspecified atom stereocenters. The van der Waals surface area contributed by atoms with Gasteiger partial charge in [0.15, 0.2) is 0 Å². The van der Waals surface area contributed by atoms with Crippen molar-refractivity contribution in [1.29, 1.82) is 5.39 Å². The molecule has 0 aromatic rings. The molecule has 0 bridgehead atoms. The molecule has 0 aliphatic rings. The van der Waals surface area contributed by atoms with E-state index in [0.717, 1.165) is 0 Å². The second-order valence-electron chi connectivity index (χ2n) is 1.38. The molecule has 8 heavy (non-hydrogen) atoms. The van der Waals surface area contributed by atoms with Crippen LogP contribution >= 0.6 is 0 Å². The lowest BCUT2D eigenvalue weighted by atomic mass is 10.2. The molecule has 0 rings (SSSR count). The van der Waals surface area contributed by atoms with Gasteiger partial charge in [-0.15, -0.1) is 0 Å². The van der Waals surface area contributed by atoms with Gasteiger partial charge >= 0.3 is 12.0 Å². The maximum absolute atomic E-state index is 9.91. The average Bonchev–Trinajstić information content (AvgIpc) is 1.69. The maximum Gasteiger partial charge on any atom is 0.407 e. The Labute approximate surface area is 46.8 Å². The third kappa shape index (κ3) is 1.56. The lowest BCUT2D eigenvalue weighted by Gasteiger charge is -1.81. The van der Waals surface area contributed by atoms with Crippen molar-refractivity contribution < 1.29 is 9.90 Å². The summed E-state index contributed by atoms with van der Waals surface area (Å²) < 4.78 is 0. The van der Waals surface area contributed by atoms with Gasteiger partial charge in [0.1, 0.15) is 4.98 Å². The molecule has 0 radical (unpaired) electrons. The van der Waals surface area contributed by atoms with Crippen molar-refractivity contribution in [2.75, 3.05) is 0 Å². The Morgan fingerprint density at radius 1 is 2.00 bits per heavy atom. The molecule has 0 fully saturated rings. The van der Waals surface area contributed by atoms with Crippen LogP contribution in [0.1, 0.15) is 13.3 Å². The van der Waals surface area contributed by atoms with Gasteiger partial charge in [-0.25, -0.2) is 4.79 Å². The van der Waals surface area contributed by atoms with Crippen molar-refractivity contribution in [2.45, 2.75) is 19.4 Å². The fourth-order valence-electron chi connectivity index (χ4n) is 0.306. The topological polar surface area (TPSA) is 65.5 Å². The number of carboxylic acid groups (broad SMARTS) is 1. The maximum atomic E-state index is 9.91. The molecule has 4 heteroatoms. The van der Waals surface area contributed by atoms with E-state index in [1.807, 2.05) is 0 Å². The van der Waals surface area contributed by atoms with Crippen molar-refractivity contribution in [3.05, 3.63) is 4.98 Å². The molecule has 1 N–H and O–H groups in total. The molecule has 0 aromatic heterocycles. The van der Waals surface area contributed by atoms with Crippen LogP contribution in [0, 0.1) is 5.39 Å². The molecule has 1 atom stereocenters. The molecule has 0 aromatic carbocycles. The van der Waals surface area contributed by atoms with Gasteiger partial charge in [0.05, 0.1) is 0 Å². The van der Waals surface area contributed by atoms with Gasteiger partial charge in [-0.05, 0) is 0 Å². The Bertz CT molecular complexity index is 126. The van der Waals surface area contributed by atoms with Crippen LogP contribution < -0.4 is 0 Å². The minimum atomic E-state index is -1.09. The summed E-state index contributed by atoms with van der Waals surface area (Å²) in [6, 6.07) is -0.949. The Morgan fingerprint density at radius 2 is 2.50 bits per heavy atom. The molecule has 0 saturated heterocycles. The lowest BCUT2D eigenvalue weighted by Crippen LogP contribution is -2.13. The van der Waals surface area contributed by atoms with E-state index in [1.54, 1.807) is 6.92 Å². The highest BCUT2D eigenvalue weighted by molar-refractivity contribution is 5.75. The lowest BCUT2D eigenvalue weighted by molar-refractivity contribution is -0.137. The van der Waals surface area contributed by atoms with Crippen molar-refractivity contribution in [3.8, 4) is 0 Å². The zero-order valence-electron chi connectivity index (χ0n) is 4.53. The highest BCUT2D eigenvalue weighted by Gasteiger charge is 2.26. The van der Waals surface area contributed by atoms with Gasteiger partial charge in [0.2, 0.25) is 5.39 Å². The summed E-state index contributed by atoms with van der Waals surface area (Å²) >= 11 is 0. The summed E-state index contributed by atoms with van der Waals surface area (Å²) in [5, 5.41) is 16.1. The Morgan fingerprint density at radius 3 is 2.50 bits per heavy atom. The van der Waals surface area contributed by atoms with E-state index in [0.29, 0.717) is 6.42 Å². The van der Waals surface area contributed by atoms with Crippen LogP contribution in [0.5, 0.6) is 0 Å². The molecule has 44 valence electrons. The van der Waals surface area contributed by atoms with Crippen LogP contribution in [0.4, 0.5) is 0 Å². The van der Waals surface area contributed by atoms with Crippen molar-refractivity contribution in [2.24, 2.45) is 0 Å². The third-order valence-electron chi connectivity index (χ3n) is 0.811. The molecule has 0 aliphatic carbocycles. The average molecular weight is 115 g/mol. The Hall–Kier alpha value is -1.11. The smallest absolute Gasteiger partial charge is 0.407 e. The predicted octanol–water partition coefficient (Wildman–Crippen LogP) is 0.703. The summed E-state index contributed by atoms with van der Waals surface area (Å²) in [5.74, 6) is -1.09. The van der Waals surface area contributed by atoms with Crippen LogP contribution in [0.25, 0.3) is 4.98 Å². The third-order valence-corrected chi connectivity index (χ3v) is 0.811. The van der Waals surface area contributed by atoms with E-state index in [9.17, 15) is 4.79 Å². The second-order valence-corrected chi connectivity index (χ2v) is 1.38. The zero-order valence-corrected chi connectivity index (χ0v) is 4.53. The fraction of sp³-hybridized carbons (Fsp3) is 0.750. The zero-order chi connectivity index (χ0) is 6.57. The minimum Gasteiger partial charge on any atom is -0.475 e. The molecule has 0 amide bonds. The first-order valence-corrected chi connectivity index (χ1v) is 2.29. The van der Waals surface area contributed by atoms with E-state index in [2.05, 4.69) is 4.98 Å².